The van der Waals surface area contributed by atoms with Gasteiger partial charge in [0.15, 0.2) is 0 Å². The van der Waals surface area contributed by atoms with Gasteiger partial charge in [0.2, 0.25) is 5.91 Å². The van der Waals surface area contributed by atoms with Gasteiger partial charge in [-0.25, -0.2) is 14.8 Å². The molecule has 0 radical (unpaired) electrons. The van der Waals surface area contributed by atoms with Crippen LogP contribution in [0.15, 0.2) is 41.9 Å². The zero-order chi connectivity index (χ0) is 38.5. The molecule has 288 valence electrons. The standard InChI is InChI=1S/C41H51FN6O5S/c1-8-47-32-14-13-25-17-27(32)28(37(47)26-11-9-15-43-36(26)24(4)52-7)19-41(5,6)21-53-40(51)29-12-10-16-48(46-29)39(50)30(18-33-44-31(25)20-54-33)45-38(49)35-22(2)34(35)23(3)42/h9,11,13-15,17,20,22-24,29-30,34-35,46H,8,10,12,16,18-19,21H2,1-7H3,(H,45,49)/t22-,23-,24-,29-,30-,34-,35+/m0/s1. The van der Waals surface area contributed by atoms with Gasteiger partial charge in [-0.1, -0.05) is 26.8 Å². The summed E-state index contributed by atoms with van der Waals surface area (Å²) in [7, 11) is 1.69. The van der Waals surface area contributed by atoms with Crippen molar-refractivity contribution in [3.8, 4) is 22.5 Å². The van der Waals surface area contributed by atoms with Crippen molar-refractivity contribution in [3.63, 3.8) is 0 Å². The van der Waals surface area contributed by atoms with Crippen LogP contribution in [0, 0.1) is 23.2 Å². The minimum atomic E-state index is -1.12. The van der Waals surface area contributed by atoms with Gasteiger partial charge in [0.25, 0.3) is 5.91 Å². The van der Waals surface area contributed by atoms with Crippen LogP contribution in [0.4, 0.5) is 4.39 Å². The largest absolute Gasteiger partial charge is 0.464 e. The molecule has 54 heavy (non-hydrogen) atoms. The van der Waals surface area contributed by atoms with Crippen molar-refractivity contribution in [1.82, 2.24) is 30.3 Å². The number of aryl methyl sites for hydroxylation is 1. The Bertz CT molecular complexity index is 2060. The molecule has 7 rings (SSSR count). The average molecular weight is 759 g/mol. The van der Waals surface area contributed by atoms with Crippen molar-refractivity contribution >= 4 is 40.0 Å². The quantitative estimate of drug-likeness (QED) is 0.206. The number of hydrazine groups is 1. The third kappa shape index (κ3) is 7.29. The Labute approximate surface area is 320 Å². The van der Waals surface area contributed by atoms with Crippen LogP contribution in [0.2, 0.25) is 0 Å². The molecule has 7 atom stereocenters. The Morgan fingerprint density at radius 1 is 1.24 bits per heavy atom. The van der Waals surface area contributed by atoms with Crippen molar-refractivity contribution in [2.24, 2.45) is 23.2 Å². The van der Waals surface area contributed by atoms with Gasteiger partial charge in [0.05, 0.1) is 34.8 Å². The first-order valence-corrected chi connectivity index (χ1v) is 20.0. The molecule has 5 heterocycles. The number of esters is 1. The number of methoxy groups -OCH3 is 1. The van der Waals surface area contributed by atoms with E-state index in [2.05, 4.69) is 60.3 Å². The fourth-order valence-corrected chi connectivity index (χ4v) is 9.29. The molecule has 2 N–H and O–H groups in total. The number of pyridine rings is 1. The van der Waals surface area contributed by atoms with Gasteiger partial charge < -0.3 is 19.4 Å². The predicted molar refractivity (Wildman–Crippen MR) is 206 cm³/mol. The van der Waals surface area contributed by atoms with Crippen molar-refractivity contribution in [3.05, 3.63) is 58.2 Å². The number of cyclic esters (lactones) is 1. The van der Waals surface area contributed by atoms with Gasteiger partial charge in [-0.2, -0.15) is 0 Å². The van der Waals surface area contributed by atoms with Crippen molar-refractivity contribution in [2.45, 2.75) is 98.1 Å². The van der Waals surface area contributed by atoms with Crippen LogP contribution in [0.5, 0.6) is 0 Å². The lowest BCUT2D eigenvalue weighted by Crippen LogP contribution is -2.60. The first-order chi connectivity index (χ1) is 25.8. The minimum Gasteiger partial charge on any atom is -0.464 e. The maximum absolute atomic E-state index is 14.3. The Hall–Kier alpha value is -4.20. The molecule has 2 amide bonds. The minimum absolute atomic E-state index is 0.113. The number of aromatic nitrogens is 3. The maximum atomic E-state index is 14.3. The highest BCUT2D eigenvalue weighted by molar-refractivity contribution is 7.10. The summed E-state index contributed by atoms with van der Waals surface area (Å²) in [4.78, 5) is 51.1. The molecule has 3 aromatic heterocycles. The van der Waals surface area contributed by atoms with E-state index in [1.54, 1.807) is 13.3 Å². The van der Waals surface area contributed by atoms with Crippen LogP contribution >= 0.6 is 11.3 Å². The van der Waals surface area contributed by atoms with E-state index in [-0.39, 0.29) is 42.8 Å². The van der Waals surface area contributed by atoms with Gasteiger partial charge in [0, 0.05) is 77.5 Å². The number of carbonyl (C=O) groups excluding carboxylic acids is 3. The molecule has 0 unspecified atom stereocenters. The molecule has 6 bridgehead atoms. The molecule has 3 aliphatic rings. The van der Waals surface area contributed by atoms with Gasteiger partial charge in [-0.3, -0.25) is 24.4 Å². The van der Waals surface area contributed by atoms with Crippen molar-refractivity contribution in [2.75, 3.05) is 20.3 Å². The number of thiazole rings is 1. The SMILES string of the molecule is CCn1c(-c2cccnc2[C@H](C)OC)c2c3cc(ccc31)-c1csc(n1)C[C@H](NC(=O)[C@@H]1[C@@H](C)[C@H]1[C@H](C)F)C(=O)N1CCC[C@H](N1)C(=O)OCC(C)(C)C2. The number of amides is 2. The fourth-order valence-electron chi connectivity index (χ4n) is 8.44. The number of rotatable bonds is 7. The first-order valence-electron chi connectivity index (χ1n) is 19.1. The Morgan fingerprint density at radius 3 is 2.76 bits per heavy atom. The number of carbonyl (C=O) groups is 3. The van der Waals surface area contributed by atoms with Gasteiger partial charge in [0.1, 0.15) is 18.3 Å². The highest BCUT2D eigenvalue weighted by Gasteiger charge is 2.55. The molecule has 0 spiro atoms. The fraction of sp³-hybridized carbons (Fsp3) is 0.537. The first kappa shape index (κ1) is 38.1. The second kappa shape index (κ2) is 15.1. The Balaban J connectivity index is 1.33. The zero-order valence-corrected chi connectivity index (χ0v) is 33.0. The monoisotopic (exact) mass is 758 g/mol. The van der Waals surface area contributed by atoms with E-state index in [0.717, 1.165) is 44.7 Å². The van der Waals surface area contributed by atoms with Crippen LogP contribution < -0.4 is 10.7 Å². The molecular formula is C41H51FN6O5S. The Morgan fingerprint density at radius 2 is 2.04 bits per heavy atom. The number of hydrogen-bond acceptors (Lipinski definition) is 9. The van der Waals surface area contributed by atoms with Crippen LogP contribution in [0.3, 0.4) is 0 Å². The van der Waals surface area contributed by atoms with Gasteiger partial charge in [-0.05, 0) is 75.8 Å². The van der Waals surface area contributed by atoms with Crippen LogP contribution in [0.1, 0.15) is 76.8 Å². The van der Waals surface area contributed by atoms with E-state index in [9.17, 15) is 18.8 Å². The number of ether oxygens (including phenoxy) is 2. The third-order valence-corrected chi connectivity index (χ3v) is 12.3. The highest BCUT2D eigenvalue weighted by Crippen LogP contribution is 2.49. The third-order valence-electron chi connectivity index (χ3n) is 11.4. The summed E-state index contributed by atoms with van der Waals surface area (Å²) in [5.74, 6) is -2.12. The molecule has 1 aliphatic carbocycles. The lowest BCUT2D eigenvalue weighted by molar-refractivity contribution is -0.155. The number of nitrogens with one attached hydrogen (secondary N) is 2. The summed E-state index contributed by atoms with van der Waals surface area (Å²) < 4.78 is 28.4. The van der Waals surface area contributed by atoms with Gasteiger partial charge in [-0.15, -0.1) is 11.3 Å². The second-order valence-electron chi connectivity index (χ2n) is 15.9. The molecule has 1 saturated heterocycles. The topological polar surface area (TPSA) is 128 Å². The smallest absolute Gasteiger partial charge is 0.324 e. The second-order valence-corrected chi connectivity index (χ2v) is 16.9. The van der Waals surface area contributed by atoms with Crippen molar-refractivity contribution < 1.29 is 28.2 Å². The summed E-state index contributed by atoms with van der Waals surface area (Å²) in [5.41, 5.74) is 9.41. The zero-order valence-electron chi connectivity index (χ0n) is 32.1. The number of alkyl halides is 1. The van der Waals surface area contributed by atoms with Crippen LogP contribution in [-0.4, -0.2) is 75.8 Å². The van der Waals surface area contributed by atoms with E-state index in [4.69, 9.17) is 19.4 Å². The highest BCUT2D eigenvalue weighted by atomic mass is 32.1. The molecular weight excluding hydrogens is 708 g/mol. The Kier molecular flexibility index (Phi) is 10.7. The van der Waals surface area contributed by atoms with Gasteiger partial charge >= 0.3 is 5.97 Å². The number of hydrogen-bond donors (Lipinski definition) is 2. The number of benzene rings is 1. The molecule has 2 aliphatic heterocycles. The maximum Gasteiger partial charge on any atom is 0.324 e. The molecule has 2 fully saturated rings. The molecule has 4 aromatic rings. The summed E-state index contributed by atoms with van der Waals surface area (Å²) in [6.45, 7) is 12.9. The summed E-state index contributed by atoms with van der Waals surface area (Å²) in [5, 5.41) is 8.12. The molecule has 1 saturated carbocycles. The molecule has 1 aromatic carbocycles. The summed E-state index contributed by atoms with van der Waals surface area (Å²) >= 11 is 1.43. The van der Waals surface area contributed by atoms with Crippen LogP contribution in [0.25, 0.3) is 33.4 Å². The summed E-state index contributed by atoms with van der Waals surface area (Å²) in [6, 6.07) is 8.74. The van der Waals surface area contributed by atoms with E-state index in [0.29, 0.717) is 37.4 Å². The van der Waals surface area contributed by atoms with E-state index in [1.807, 2.05) is 25.3 Å². The number of halogens is 1. The predicted octanol–water partition coefficient (Wildman–Crippen LogP) is 6.44. The molecule has 11 nitrogen and oxygen atoms in total. The number of fused-ring (bicyclic) bond motifs is 6. The van der Waals surface area contributed by atoms with Crippen LogP contribution in [-0.2, 0) is 43.2 Å². The van der Waals surface area contributed by atoms with E-state index < -0.39 is 35.6 Å². The van der Waals surface area contributed by atoms with E-state index in [1.165, 1.54) is 23.3 Å². The average Bonchev–Trinajstić information content (AvgIpc) is 3.48. The normalized spacial score (nSPS) is 25.5. The lowest BCUT2D eigenvalue weighted by Gasteiger charge is -2.35. The van der Waals surface area contributed by atoms with Crippen molar-refractivity contribution in [1.29, 1.82) is 0 Å². The van der Waals surface area contributed by atoms with E-state index >= 15 is 0 Å². The molecule has 13 heteroatoms. The lowest BCUT2D eigenvalue weighted by atomic mass is 9.84. The number of nitrogens with zero attached hydrogens (tertiary/aromatic N) is 4. The summed E-state index contributed by atoms with van der Waals surface area (Å²) in [6.07, 6.45) is 2.27.